The van der Waals surface area contributed by atoms with E-state index in [2.05, 4.69) is 9.47 Å². The van der Waals surface area contributed by atoms with E-state index in [0.717, 1.165) is 26.5 Å². The molecule has 11 nitrogen and oxygen atoms in total. The fourth-order valence-electron chi connectivity index (χ4n) is 2.73. The molecule has 0 aliphatic rings. The number of aromatic nitrogens is 2. The summed E-state index contributed by atoms with van der Waals surface area (Å²) in [6.07, 6.45) is 1.61. The Balaban J connectivity index is 2.98. The van der Waals surface area contributed by atoms with Gasteiger partial charge < -0.3 is 19.9 Å². The summed E-state index contributed by atoms with van der Waals surface area (Å²) in [5.41, 5.74) is -1.58. The van der Waals surface area contributed by atoms with Crippen LogP contribution >= 0.6 is 0 Å². The molecule has 0 saturated heterocycles. The number of ether oxygens (including phenoxy) is 2. The van der Waals surface area contributed by atoms with E-state index in [1.807, 2.05) is 0 Å². The average molecular weight is 377 g/mol. The summed E-state index contributed by atoms with van der Waals surface area (Å²) >= 11 is 0. The van der Waals surface area contributed by atoms with Crippen molar-refractivity contribution in [2.24, 2.45) is 0 Å². The van der Waals surface area contributed by atoms with Crippen LogP contribution in [0.15, 0.2) is 18.5 Å². The predicted molar refractivity (Wildman–Crippen MR) is 88.6 cm³/mol. The van der Waals surface area contributed by atoms with Crippen molar-refractivity contribution in [1.82, 2.24) is 0 Å². The zero-order valence-corrected chi connectivity index (χ0v) is 14.8. The van der Waals surface area contributed by atoms with Gasteiger partial charge in [-0.25, -0.2) is 9.59 Å². The van der Waals surface area contributed by atoms with Crippen LogP contribution in [0, 0.1) is 34.4 Å². The van der Waals surface area contributed by atoms with Crippen LogP contribution in [-0.2, 0) is 9.47 Å². The first kappa shape index (κ1) is 19.6. The lowest BCUT2D eigenvalue weighted by atomic mass is 9.96. The molecule has 0 aliphatic carbocycles. The second kappa shape index (κ2) is 7.23. The number of carbonyl (C=O) groups is 2. The van der Waals surface area contributed by atoms with E-state index >= 15 is 0 Å². The third-order valence-electron chi connectivity index (χ3n) is 3.95. The van der Waals surface area contributed by atoms with Crippen LogP contribution in [0.4, 0.5) is 5.69 Å². The van der Waals surface area contributed by atoms with E-state index in [1.165, 1.54) is 13.8 Å². The van der Waals surface area contributed by atoms with Crippen molar-refractivity contribution < 1.29 is 33.4 Å². The summed E-state index contributed by atoms with van der Waals surface area (Å²) in [7, 11) is 2.18. The van der Waals surface area contributed by atoms with Crippen LogP contribution in [0.25, 0.3) is 11.3 Å². The van der Waals surface area contributed by atoms with Gasteiger partial charge in [-0.2, -0.15) is 9.46 Å². The molecule has 11 heteroatoms. The van der Waals surface area contributed by atoms with Gasteiger partial charge in [-0.05, 0) is 12.5 Å². The lowest BCUT2D eigenvalue weighted by Gasteiger charge is -2.16. The predicted octanol–water partition coefficient (Wildman–Crippen LogP) is 0.719. The van der Waals surface area contributed by atoms with Gasteiger partial charge in [0, 0.05) is 13.0 Å². The van der Waals surface area contributed by atoms with Gasteiger partial charge in [0.1, 0.15) is 16.7 Å². The maximum atomic E-state index is 12.8. The second-order valence-electron chi connectivity index (χ2n) is 5.49. The summed E-state index contributed by atoms with van der Waals surface area (Å²) in [5, 5.41) is 35.6. The van der Waals surface area contributed by atoms with Crippen molar-refractivity contribution in [3.63, 3.8) is 0 Å². The molecule has 0 aliphatic heterocycles. The highest BCUT2D eigenvalue weighted by Gasteiger charge is 2.34. The Kier molecular flexibility index (Phi) is 5.24. The summed E-state index contributed by atoms with van der Waals surface area (Å²) in [6.45, 7) is 2.72. The highest BCUT2D eigenvalue weighted by atomic mass is 16.6. The van der Waals surface area contributed by atoms with E-state index in [4.69, 9.17) is 0 Å². The zero-order chi connectivity index (χ0) is 20.5. The molecule has 0 spiro atoms. The molecule has 2 rings (SSSR count). The van der Waals surface area contributed by atoms with Gasteiger partial charge in [0.15, 0.2) is 6.20 Å². The second-order valence-corrected chi connectivity index (χ2v) is 5.49. The lowest BCUT2D eigenvalue weighted by molar-refractivity contribution is -0.613. The van der Waals surface area contributed by atoms with Crippen molar-refractivity contribution in [2.75, 3.05) is 14.2 Å². The highest BCUT2D eigenvalue weighted by molar-refractivity contribution is 6.01. The quantitative estimate of drug-likeness (QED) is 0.249. The molecule has 0 radical (unpaired) electrons. The molecular weight excluding hydrogens is 362 g/mol. The van der Waals surface area contributed by atoms with Crippen molar-refractivity contribution in [3.8, 4) is 11.3 Å². The number of carbonyl (C=O) groups excluding carboxylic acids is 2. The summed E-state index contributed by atoms with van der Waals surface area (Å²) in [5.74, 6) is -1.80. The monoisotopic (exact) mass is 377 g/mol. The Morgan fingerprint density at radius 1 is 1.04 bits per heavy atom. The summed E-state index contributed by atoms with van der Waals surface area (Å²) in [4.78, 5) is 34.6. The Hall–Kier alpha value is -3.76. The molecule has 142 valence electrons. The first-order valence-corrected chi connectivity index (χ1v) is 7.46. The van der Waals surface area contributed by atoms with Crippen LogP contribution < -0.4 is 9.46 Å². The first-order chi connectivity index (χ1) is 12.6. The van der Waals surface area contributed by atoms with E-state index < -0.39 is 22.5 Å². The molecule has 0 N–H and O–H groups in total. The zero-order valence-electron chi connectivity index (χ0n) is 14.8. The number of esters is 2. The van der Waals surface area contributed by atoms with E-state index in [1.54, 1.807) is 0 Å². The molecule has 0 amide bonds. The average Bonchev–Trinajstić information content (AvgIpc) is 2.62. The van der Waals surface area contributed by atoms with Crippen LogP contribution in [0.2, 0.25) is 0 Å². The Bertz CT molecular complexity index is 971. The Morgan fingerprint density at radius 2 is 1.59 bits per heavy atom. The number of methoxy groups -OCH3 is 2. The molecule has 0 saturated carbocycles. The van der Waals surface area contributed by atoms with Gasteiger partial charge in [0.25, 0.3) is 6.20 Å². The topological polar surface area (TPSA) is 150 Å². The number of rotatable bonds is 4. The fraction of sp³-hybridized carbons (Fsp3) is 0.250. The highest BCUT2D eigenvalue weighted by Crippen LogP contribution is 2.28. The molecular formula is C16H15N3O8. The standard InChI is InChI=1S/C16H15N3O8/c1-8-12(15(20)26-3)9(2)18(23)14(13(8)16(21)27-4)10-5-11(19(24)25)7-17(22)6-10/h5-7H,1-4H3. The molecule has 0 fully saturated rings. The molecule has 2 heterocycles. The molecule has 0 atom stereocenters. The number of nitrogens with zero attached hydrogens (tertiary/aromatic N) is 3. The minimum atomic E-state index is -0.957. The molecule has 0 aromatic carbocycles. The van der Waals surface area contributed by atoms with E-state index in [0.29, 0.717) is 6.20 Å². The molecule has 27 heavy (non-hydrogen) atoms. The van der Waals surface area contributed by atoms with Gasteiger partial charge in [-0.15, -0.1) is 0 Å². The Labute approximate surface area is 152 Å². The number of hydrogen-bond acceptors (Lipinski definition) is 8. The summed E-state index contributed by atoms with van der Waals surface area (Å²) < 4.78 is 9.73. The lowest BCUT2D eigenvalue weighted by Crippen LogP contribution is -2.39. The van der Waals surface area contributed by atoms with Gasteiger partial charge in [0.05, 0.1) is 19.1 Å². The molecule has 2 aromatic heterocycles. The van der Waals surface area contributed by atoms with Crippen molar-refractivity contribution >= 4 is 17.6 Å². The van der Waals surface area contributed by atoms with Crippen molar-refractivity contribution in [1.29, 1.82) is 0 Å². The number of hydrogen-bond donors (Lipinski definition) is 0. The maximum Gasteiger partial charge on any atom is 0.345 e. The third-order valence-corrected chi connectivity index (χ3v) is 3.95. The molecule has 0 bridgehead atoms. The Morgan fingerprint density at radius 3 is 2.11 bits per heavy atom. The van der Waals surface area contributed by atoms with E-state index in [-0.39, 0.29) is 43.1 Å². The van der Waals surface area contributed by atoms with Crippen LogP contribution in [0.1, 0.15) is 32.0 Å². The van der Waals surface area contributed by atoms with Gasteiger partial charge >= 0.3 is 17.6 Å². The fourth-order valence-corrected chi connectivity index (χ4v) is 2.73. The number of pyridine rings is 2. The van der Waals surface area contributed by atoms with Gasteiger partial charge in [-0.1, -0.05) is 0 Å². The molecule has 0 unspecified atom stereocenters. The van der Waals surface area contributed by atoms with Crippen LogP contribution in [0.5, 0.6) is 0 Å². The summed E-state index contributed by atoms with van der Waals surface area (Å²) in [6, 6.07) is 0.973. The van der Waals surface area contributed by atoms with Crippen molar-refractivity contribution in [2.45, 2.75) is 13.8 Å². The van der Waals surface area contributed by atoms with E-state index in [9.17, 15) is 30.1 Å². The SMILES string of the molecule is COC(=O)c1c(C)c(C(=O)OC)c(-c2cc([N+](=O)[O-])c[n+]([O-])c2)[n+]([O-])c1C. The normalized spacial score (nSPS) is 10.4. The molecule has 2 aromatic rings. The number of nitro groups is 1. The van der Waals surface area contributed by atoms with Crippen LogP contribution in [-0.4, -0.2) is 31.1 Å². The van der Waals surface area contributed by atoms with Gasteiger partial charge in [-0.3, -0.25) is 10.1 Å². The first-order valence-electron chi connectivity index (χ1n) is 7.46. The smallest absolute Gasteiger partial charge is 0.345 e. The van der Waals surface area contributed by atoms with Gasteiger partial charge in [0.2, 0.25) is 11.4 Å². The van der Waals surface area contributed by atoms with Crippen LogP contribution in [0.3, 0.4) is 0 Å². The minimum absolute atomic E-state index is 0.0808. The van der Waals surface area contributed by atoms with Crippen molar-refractivity contribution in [3.05, 3.63) is 61.4 Å². The largest absolute Gasteiger partial charge is 0.619 e. The third kappa shape index (κ3) is 3.34. The minimum Gasteiger partial charge on any atom is -0.619 e. The maximum absolute atomic E-state index is 12.8.